The van der Waals surface area contributed by atoms with Crippen molar-refractivity contribution in [1.29, 1.82) is 0 Å². The third-order valence-electron chi connectivity index (χ3n) is 5.59. The maximum atomic E-state index is 14.5. The van der Waals surface area contributed by atoms with Crippen LogP contribution in [0.25, 0.3) is 0 Å². The third kappa shape index (κ3) is 3.52. The highest BCUT2D eigenvalue weighted by Crippen LogP contribution is 2.49. The number of ether oxygens (including phenoxy) is 1. The molecule has 3 fully saturated rings. The third-order valence-corrected chi connectivity index (χ3v) is 6.15. The van der Waals surface area contributed by atoms with E-state index in [2.05, 4.69) is 0 Å². The highest BCUT2D eigenvalue weighted by molar-refractivity contribution is 7.89. The largest absolute Gasteiger partial charge is 0.490 e. The van der Waals surface area contributed by atoms with Gasteiger partial charge in [-0.15, -0.1) is 0 Å². The van der Waals surface area contributed by atoms with E-state index < -0.39 is 21.7 Å². The van der Waals surface area contributed by atoms with Crippen LogP contribution in [-0.2, 0) is 10.0 Å². The maximum Gasteiger partial charge on any atom is 0.267 e. The normalized spacial score (nSPS) is 28.2. The first-order valence-electron chi connectivity index (χ1n) is 8.82. The summed E-state index contributed by atoms with van der Waals surface area (Å²) in [6, 6.07) is 2.73. The molecule has 1 aromatic rings. The lowest BCUT2D eigenvalue weighted by atomic mass is 9.97. The molecule has 0 spiro atoms. The van der Waals surface area contributed by atoms with Crippen LogP contribution in [0.15, 0.2) is 12.1 Å². The maximum absolute atomic E-state index is 14.5. The Bertz CT molecular complexity index is 819. The van der Waals surface area contributed by atoms with Gasteiger partial charge in [0.15, 0.2) is 0 Å². The zero-order valence-electron chi connectivity index (χ0n) is 14.1. The number of rotatable bonds is 5. The van der Waals surface area contributed by atoms with Crippen molar-refractivity contribution < 1.29 is 22.3 Å². The summed E-state index contributed by atoms with van der Waals surface area (Å²) in [5.74, 6) is 0.377. The molecule has 0 radical (unpaired) electrons. The van der Waals surface area contributed by atoms with Crippen LogP contribution < -0.4 is 9.46 Å². The van der Waals surface area contributed by atoms with Gasteiger partial charge < -0.3 is 4.74 Å². The summed E-state index contributed by atoms with van der Waals surface area (Å²) in [7, 11) is -3.74. The van der Waals surface area contributed by atoms with Crippen molar-refractivity contribution in [2.24, 2.45) is 11.8 Å². The molecule has 4 rings (SSSR count). The second kappa shape index (κ2) is 5.97. The van der Waals surface area contributed by atoms with Gasteiger partial charge in [0.25, 0.3) is 5.91 Å². The van der Waals surface area contributed by atoms with E-state index in [1.54, 1.807) is 0 Å². The molecule has 5 nitrogen and oxygen atoms in total. The number of hydrogen-bond donors (Lipinski definition) is 1. The monoisotopic (exact) mass is 367 g/mol. The van der Waals surface area contributed by atoms with Crippen LogP contribution >= 0.6 is 0 Å². The molecular formula is C18H22FNO4S. The van der Waals surface area contributed by atoms with Crippen LogP contribution in [0.3, 0.4) is 0 Å². The average molecular weight is 367 g/mol. The molecule has 0 aromatic heterocycles. The fraction of sp³-hybridized carbons (Fsp3) is 0.611. The highest BCUT2D eigenvalue weighted by atomic mass is 32.2. The van der Waals surface area contributed by atoms with Crippen molar-refractivity contribution in [3.05, 3.63) is 29.1 Å². The fourth-order valence-corrected chi connectivity index (χ4v) is 4.73. The van der Waals surface area contributed by atoms with E-state index in [1.165, 1.54) is 31.4 Å². The van der Waals surface area contributed by atoms with Gasteiger partial charge >= 0.3 is 0 Å². The zero-order valence-corrected chi connectivity index (χ0v) is 14.9. The van der Waals surface area contributed by atoms with Gasteiger partial charge in [-0.25, -0.2) is 17.5 Å². The molecule has 3 atom stereocenters. The van der Waals surface area contributed by atoms with Crippen molar-refractivity contribution in [2.75, 3.05) is 6.26 Å². The van der Waals surface area contributed by atoms with Crippen LogP contribution in [0.2, 0.25) is 0 Å². The fourth-order valence-electron chi connectivity index (χ4n) is 4.28. The Labute approximate surface area is 147 Å². The number of benzene rings is 1. The molecule has 0 saturated heterocycles. The van der Waals surface area contributed by atoms with Gasteiger partial charge in [-0.1, -0.05) is 0 Å². The number of fused-ring (bicyclic) bond motifs is 2. The molecular weight excluding hydrogens is 345 g/mol. The number of amides is 1. The first-order chi connectivity index (χ1) is 11.8. The topological polar surface area (TPSA) is 72.5 Å². The molecule has 1 aromatic carbocycles. The quantitative estimate of drug-likeness (QED) is 0.868. The Hall–Kier alpha value is -1.63. The summed E-state index contributed by atoms with van der Waals surface area (Å²) in [6.07, 6.45) is 7.61. The van der Waals surface area contributed by atoms with Gasteiger partial charge in [0, 0.05) is 6.07 Å². The van der Waals surface area contributed by atoms with Gasteiger partial charge in [0.2, 0.25) is 10.0 Å². The second-order valence-electron chi connectivity index (χ2n) is 7.68. The predicted molar refractivity (Wildman–Crippen MR) is 90.5 cm³/mol. The number of hydrogen-bond acceptors (Lipinski definition) is 4. The van der Waals surface area contributed by atoms with Crippen LogP contribution in [0.4, 0.5) is 4.39 Å². The number of carbonyl (C=O) groups excluding carboxylic acids is 1. The lowest BCUT2D eigenvalue weighted by Crippen LogP contribution is -2.30. The van der Waals surface area contributed by atoms with E-state index >= 15 is 0 Å². The summed E-state index contributed by atoms with van der Waals surface area (Å²) in [5.41, 5.74) is 0.579. The van der Waals surface area contributed by atoms with Crippen molar-refractivity contribution >= 4 is 15.9 Å². The van der Waals surface area contributed by atoms with Gasteiger partial charge in [-0.2, -0.15) is 0 Å². The van der Waals surface area contributed by atoms with Crippen molar-refractivity contribution in [1.82, 2.24) is 4.72 Å². The number of sulfonamides is 1. The summed E-state index contributed by atoms with van der Waals surface area (Å²) in [4.78, 5) is 12.1. The van der Waals surface area contributed by atoms with Gasteiger partial charge in [-0.05, 0) is 67.9 Å². The van der Waals surface area contributed by atoms with E-state index in [-0.39, 0.29) is 17.6 Å². The van der Waals surface area contributed by atoms with Crippen molar-refractivity contribution in [3.63, 3.8) is 0 Å². The Morgan fingerprint density at radius 1 is 1.20 bits per heavy atom. The average Bonchev–Trinajstić information content (AvgIpc) is 3.13. The predicted octanol–water partition coefficient (Wildman–Crippen LogP) is 2.96. The molecule has 1 N–H and O–H groups in total. The van der Waals surface area contributed by atoms with E-state index in [0.717, 1.165) is 37.0 Å². The van der Waals surface area contributed by atoms with Gasteiger partial charge in [0.05, 0.1) is 11.8 Å². The highest BCUT2D eigenvalue weighted by Gasteiger charge is 2.41. The molecule has 3 aliphatic rings. The first kappa shape index (κ1) is 16.8. The molecule has 0 heterocycles. The summed E-state index contributed by atoms with van der Waals surface area (Å²) in [6.45, 7) is 0. The minimum absolute atomic E-state index is 0.131. The van der Waals surface area contributed by atoms with Crippen molar-refractivity contribution in [3.8, 4) is 5.75 Å². The first-order valence-corrected chi connectivity index (χ1v) is 10.7. The lowest BCUT2D eigenvalue weighted by molar-refractivity contribution is 0.0977. The van der Waals surface area contributed by atoms with Gasteiger partial charge in [0.1, 0.15) is 17.7 Å². The van der Waals surface area contributed by atoms with Gasteiger partial charge in [-0.3, -0.25) is 4.79 Å². The van der Waals surface area contributed by atoms with Crippen LogP contribution in [0, 0.1) is 17.7 Å². The van der Waals surface area contributed by atoms with Crippen LogP contribution in [0.1, 0.15) is 60.4 Å². The molecule has 3 aliphatic carbocycles. The molecule has 7 heteroatoms. The Balaban J connectivity index is 1.61. The van der Waals surface area contributed by atoms with E-state index in [4.69, 9.17) is 4.74 Å². The van der Waals surface area contributed by atoms with E-state index in [9.17, 15) is 17.6 Å². The number of halogens is 1. The number of nitrogens with one attached hydrogen (secondary N) is 1. The smallest absolute Gasteiger partial charge is 0.267 e. The van der Waals surface area contributed by atoms with E-state index in [1.807, 2.05) is 4.72 Å². The van der Waals surface area contributed by atoms with Crippen LogP contribution in [-0.4, -0.2) is 26.7 Å². The Kier molecular flexibility index (Phi) is 4.02. The standard InChI is InChI=1S/C18H22FNO4S/c1-25(22,23)20-18(21)14-8-13(11-4-5-11)17(9-15(14)19)24-16-7-10-2-3-12(16)6-10/h8-12,16H,2-7H2,1H3,(H,20,21)/t10-,12+,16-/m1/s1. The van der Waals surface area contributed by atoms with Crippen LogP contribution in [0.5, 0.6) is 5.75 Å². The van der Waals surface area contributed by atoms with E-state index in [0.29, 0.717) is 11.7 Å². The zero-order chi connectivity index (χ0) is 17.8. The number of carbonyl (C=O) groups is 1. The Morgan fingerprint density at radius 2 is 1.96 bits per heavy atom. The minimum Gasteiger partial charge on any atom is -0.490 e. The molecule has 0 unspecified atom stereocenters. The Morgan fingerprint density at radius 3 is 2.52 bits per heavy atom. The molecule has 0 aliphatic heterocycles. The second-order valence-corrected chi connectivity index (χ2v) is 9.43. The molecule has 25 heavy (non-hydrogen) atoms. The summed E-state index contributed by atoms with van der Waals surface area (Å²) >= 11 is 0. The van der Waals surface area contributed by atoms with Crippen molar-refractivity contribution in [2.45, 2.75) is 50.5 Å². The summed E-state index contributed by atoms with van der Waals surface area (Å²) in [5, 5.41) is 0. The lowest BCUT2D eigenvalue weighted by Gasteiger charge is -2.25. The molecule has 3 saturated carbocycles. The molecule has 1 amide bonds. The molecule has 136 valence electrons. The molecule has 2 bridgehead atoms. The summed E-state index contributed by atoms with van der Waals surface area (Å²) < 4.78 is 45.0. The SMILES string of the molecule is CS(=O)(=O)NC(=O)c1cc(C2CC2)c(O[C@@H]2C[C@@H]3CC[C@H]2C3)cc1F. The minimum atomic E-state index is -3.74.